The van der Waals surface area contributed by atoms with Crippen molar-refractivity contribution in [2.75, 3.05) is 0 Å². The van der Waals surface area contributed by atoms with Gasteiger partial charge in [-0.05, 0) is 49.2 Å². The fourth-order valence-electron chi connectivity index (χ4n) is 4.65. The molecule has 0 aliphatic carbocycles. The lowest BCUT2D eigenvalue weighted by Crippen LogP contribution is -2.31. The lowest BCUT2D eigenvalue weighted by molar-refractivity contribution is 0.571. The number of hydrogen-bond acceptors (Lipinski definition) is 6. The number of nitriles is 1. The van der Waals surface area contributed by atoms with Crippen molar-refractivity contribution in [3.8, 4) is 23.1 Å². The molecular formula is C29H22BrN5O2S. The van der Waals surface area contributed by atoms with Gasteiger partial charge in [-0.1, -0.05) is 52.7 Å². The van der Waals surface area contributed by atoms with Crippen LogP contribution in [-0.2, 0) is 13.0 Å². The van der Waals surface area contributed by atoms with E-state index in [0.29, 0.717) is 37.8 Å². The zero-order valence-electron chi connectivity index (χ0n) is 20.3. The van der Waals surface area contributed by atoms with Crippen LogP contribution in [0, 0.1) is 11.3 Å². The average molecular weight is 584 g/mol. The molecule has 0 spiro atoms. The molecule has 7 nitrogen and oxygen atoms in total. The van der Waals surface area contributed by atoms with Crippen LogP contribution < -0.4 is 14.8 Å². The summed E-state index contributed by atoms with van der Waals surface area (Å²) < 4.78 is 11.7. The van der Waals surface area contributed by atoms with E-state index >= 15 is 0 Å². The number of para-hydroxylation sites is 1. The van der Waals surface area contributed by atoms with Gasteiger partial charge in [0.05, 0.1) is 10.2 Å². The zero-order valence-corrected chi connectivity index (χ0v) is 22.7. The van der Waals surface area contributed by atoms with Gasteiger partial charge in [0, 0.05) is 29.1 Å². The first-order chi connectivity index (χ1) is 18.6. The number of rotatable bonds is 4. The Morgan fingerprint density at radius 1 is 1.03 bits per heavy atom. The van der Waals surface area contributed by atoms with Crippen molar-refractivity contribution in [1.82, 2.24) is 19.3 Å². The summed E-state index contributed by atoms with van der Waals surface area (Å²) in [6.45, 7) is 0.758. The summed E-state index contributed by atoms with van der Waals surface area (Å²) in [5, 5.41) is 19.1. The third-order valence-corrected chi connectivity index (χ3v) is 8.15. The van der Waals surface area contributed by atoms with Gasteiger partial charge in [-0.3, -0.25) is 9.36 Å². The maximum Gasteiger partial charge on any atom is 0.273 e. The normalized spacial score (nSPS) is 14.6. The zero-order chi connectivity index (χ0) is 26.1. The van der Waals surface area contributed by atoms with Crippen LogP contribution in [0.4, 0.5) is 0 Å². The number of fused-ring (bicyclic) bond motifs is 1. The van der Waals surface area contributed by atoms with Gasteiger partial charge in [-0.25, -0.2) is 0 Å². The minimum Gasteiger partial charge on any atom is -0.457 e. The number of thiazole rings is 1. The highest BCUT2D eigenvalue weighted by molar-refractivity contribution is 9.10. The molecule has 0 saturated carbocycles. The van der Waals surface area contributed by atoms with Crippen molar-refractivity contribution >= 4 is 38.9 Å². The van der Waals surface area contributed by atoms with E-state index in [9.17, 15) is 10.1 Å². The Morgan fingerprint density at radius 2 is 1.84 bits per heavy atom. The number of aryl methyl sites for hydroxylation is 1. The fraction of sp³-hybridized carbons (Fsp3) is 0.172. The summed E-state index contributed by atoms with van der Waals surface area (Å²) in [6.07, 6.45) is 5.74. The summed E-state index contributed by atoms with van der Waals surface area (Å²) in [6, 6.07) is 23.3. The van der Waals surface area contributed by atoms with Crippen LogP contribution >= 0.6 is 27.3 Å². The molecule has 188 valence electrons. The third-order valence-electron chi connectivity index (χ3n) is 6.53. The Hall–Kier alpha value is -4.00. The lowest BCUT2D eigenvalue weighted by Gasteiger charge is -2.07. The lowest BCUT2D eigenvalue weighted by atomic mass is 10.2. The van der Waals surface area contributed by atoms with E-state index in [1.165, 1.54) is 11.3 Å². The molecule has 0 saturated heterocycles. The second-order valence-corrected chi connectivity index (χ2v) is 10.9. The van der Waals surface area contributed by atoms with E-state index < -0.39 is 0 Å². The molecule has 0 unspecified atom stereocenters. The summed E-state index contributed by atoms with van der Waals surface area (Å²) in [5.74, 6) is 2.66. The van der Waals surface area contributed by atoms with Crippen LogP contribution in [0.5, 0.6) is 0 Å². The largest absolute Gasteiger partial charge is 0.457 e. The number of furan rings is 1. The quantitative estimate of drug-likeness (QED) is 0.303. The van der Waals surface area contributed by atoms with Crippen molar-refractivity contribution < 1.29 is 4.42 Å². The van der Waals surface area contributed by atoms with Crippen molar-refractivity contribution in [2.45, 2.75) is 32.2 Å². The predicted molar refractivity (Wildman–Crippen MR) is 150 cm³/mol. The Morgan fingerprint density at radius 3 is 2.63 bits per heavy atom. The molecule has 0 radical (unpaired) electrons. The van der Waals surface area contributed by atoms with Gasteiger partial charge in [0.25, 0.3) is 5.56 Å². The van der Waals surface area contributed by atoms with Gasteiger partial charge >= 0.3 is 0 Å². The monoisotopic (exact) mass is 583 g/mol. The highest BCUT2D eigenvalue weighted by Crippen LogP contribution is 2.24. The van der Waals surface area contributed by atoms with Crippen molar-refractivity contribution in [2.24, 2.45) is 0 Å². The van der Waals surface area contributed by atoms with Crippen LogP contribution in [0.1, 0.15) is 36.7 Å². The fourth-order valence-corrected chi connectivity index (χ4v) is 6.00. The molecule has 2 aromatic carbocycles. The summed E-state index contributed by atoms with van der Waals surface area (Å²) in [4.78, 5) is 13.8. The minimum absolute atomic E-state index is 0.221. The topological polar surface area (TPSA) is 89.6 Å². The molecule has 0 amide bonds. The second kappa shape index (κ2) is 10.4. The predicted octanol–water partition coefficient (Wildman–Crippen LogP) is 4.79. The highest BCUT2D eigenvalue weighted by Gasteiger charge is 2.21. The summed E-state index contributed by atoms with van der Waals surface area (Å²) in [7, 11) is 0. The molecule has 4 heterocycles. The number of nitrogens with zero attached hydrogens (tertiary/aromatic N) is 5. The van der Waals surface area contributed by atoms with Gasteiger partial charge in [0.15, 0.2) is 5.82 Å². The van der Waals surface area contributed by atoms with Crippen molar-refractivity contribution in [3.63, 3.8) is 0 Å². The van der Waals surface area contributed by atoms with Crippen LogP contribution in [0.15, 0.2) is 80.4 Å². The van der Waals surface area contributed by atoms with E-state index in [-0.39, 0.29) is 5.56 Å². The Bertz CT molecular complexity index is 1840. The Kier molecular flexibility index (Phi) is 6.66. The summed E-state index contributed by atoms with van der Waals surface area (Å²) in [5.41, 5.74) is 1.74. The van der Waals surface area contributed by atoms with Crippen LogP contribution in [0.3, 0.4) is 0 Å². The Labute approximate surface area is 230 Å². The standard InChI is InChI=1S/C29H22BrN5O2S/c30-20-12-10-19(11-13-20)24-15-14-22(37-24)17-25-28(36)35(21-7-3-1-4-8-21)29(38-25)23(18-31)27-33-32-26-9-5-2-6-16-34(26)27/h1,3-4,7-8,10-15,17H,2,5-6,9,16H2/b25-17-,29-23-. The maximum atomic E-state index is 13.8. The highest BCUT2D eigenvalue weighted by atomic mass is 79.9. The Balaban J connectivity index is 1.56. The molecule has 3 aromatic heterocycles. The van der Waals surface area contributed by atoms with E-state index in [2.05, 4.69) is 32.2 Å². The van der Waals surface area contributed by atoms with Gasteiger partial charge in [-0.2, -0.15) is 5.26 Å². The minimum atomic E-state index is -0.221. The van der Waals surface area contributed by atoms with Gasteiger partial charge in [-0.15, -0.1) is 21.5 Å². The molecule has 0 fully saturated rings. The molecule has 5 aromatic rings. The third kappa shape index (κ3) is 4.57. The molecule has 38 heavy (non-hydrogen) atoms. The van der Waals surface area contributed by atoms with E-state index in [0.717, 1.165) is 48.1 Å². The number of benzene rings is 2. The molecule has 1 aliphatic heterocycles. The van der Waals surface area contributed by atoms with E-state index in [1.54, 1.807) is 10.6 Å². The van der Waals surface area contributed by atoms with Crippen molar-refractivity contribution in [1.29, 1.82) is 5.26 Å². The first kappa shape index (κ1) is 24.3. The number of hydrogen-bond donors (Lipinski definition) is 0. The van der Waals surface area contributed by atoms with Crippen molar-refractivity contribution in [3.05, 3.63) is 108 Å². The summed E-state index contributed by atoms with van der Waals surface area (Å²) >= 11 is 4.71. The van der Waals surface area contributed by atoms with Crippen LogP contribution in [0.25, 0.3) is 28.7 Å². The molecule has 0 atom stereocenters. The van der Waals surface area contributed by atoms with Gasteiger partial charge in [0.1, 0.15) is 33.7 Å². The van der Waals surface area contributed by atoms with Crippen LogP contribution in [0.2, 0.25) is 0 Å². The van der Waals surface area contributed by atoms with E-state index in [4.69, 9.17) is 4.42 Å². The van der Waals surface area contributed by atoms with Crippen LogP contribution in [-0.4, -0.2) is 19.3 Å². The molecule has 9 heteroatoms. The number of aromatic nitrogens is 4. The maximum absolute atomic E-state index is 13.8. The average Bonchev–Trinajstić information content (AvgIpc) is 3.60. The molecule has 1 aliphatic rings. The number of halogens is 1. The molecular weight excluding hydrogens is 562 g/mol. The molecule has 0 N–H and O–H groups in total. The first-order valence-corrected chi connectivity index (χ1v) is 13.9. The first-order valence-electron chi connectivity index (χ1n) is 12.3. The molecule has 6 rings (SSSR count). The van der Waals surface area contributed by atoms with Gasteiger partial charge < -0.3 is 8.98 Å². The van der Waals surface area contributed by atoms with E-state index in [1.807, 2.05) is 71.3 Å². The second-order valence-electron chi connectivity index (χ2n) is 8.99. The van der Waals surface area contributed by atoms with Gasteiger partial charge in [0.2, 0.25) is 0 Å². The SMILES string of the molecule is N#C/C(c1nnc2n1CCCCC2)=c1/s/c(=C\c2ccc(-c3ccc(Br)cc3)o2)c(=O)n1-c1ccccc1. The smallest absolute Gasteiger partial charge is 0.273 e. The molecule has 0 bridgehead atoms.